The number of fused-ring (bicyclic) bond motifs is 3. The SMILES string of the molecule is O=C(Nc1cccc2c1C(=O)C1=C(C3CCN(C(=O)Oc4ccccc4)CC3)N=NC12)NN1CCOCC1. The maximum absolute atomic E-state index is 13.6. The minimum absolute atomic E-state index is 0.0128. The van der Waals surface area contributed by atoms with E-state index in [-0.39, 0.29) is 17.8 Å². The highest BCUT2D eigenvalue weighted by Gasteiger charge is 2.44. The van der Waals surface area contributed by atoms with Crippen LogP contribution in [0.1, 0.15) is 34.8 Å². The Hall–Kier alpha value is -4.09. The van der Waals surface area contributed by atoms with Gasteiger partial charge in [0.15, 0.2) is 5.78 Å². The number of likely N-dealkylation sites (tertiary alicyclic amines) is 1. The molecule has 2 aromatic carbocycles. The number of hydrogen-bond acceptors (Lipinski definition) is 8. The van der Waals surface area contributed by atoms with Crippen LogP contribution in [0, 0.1) is 5.92 Å². The highest BCUT2D eigenvalue weighted by Crippen LogP contribution is 2.49. The minimum Gasteiger partial charge on any atom is -0.410 e. The number of anilines is 1. The fourth-order valence-corrected chi connectivity index (χ4v) is 5.38. The number of para-hydroxylation sites is 1. The molecule has 3 aliphatic heterocycles. The Morgan fingerprint density at radius 2 is 1.74 bits per heavy atom. The summed E-state index contributed by atoms with van der Waals surface area (Å²) in [6.07, 6.45) is 0.935. The molecule has 1 atom stereocenters. The van der Waals surface area contributed by atoms with Crippen molar-refractivity contribution in [3.05, 3.63) is 70.9 Å². The van der Waals surface area contributed by atoms with E-state index in [9.17, 15) is 14.4 Å². The number of Topliss-reactive ketones (excluding diaryl/α,β-unsaturated/α-hetero) is 1. The first-order chi connectivity index (χ1) is 18.6. The van der Waals surface area contributed by atoms with E-state index in [2.05, 4.69) is 21.0 Å². The van der Waals surface area contributed by atoms with Crippen LogP contribution in [0.3, 0.4) is 0 Å². The van der Waals surface area contributed by atoms with Gasteiger partial charge in [0.2, 0.25) is 0 Å². The van der Waals surface area contributed by atoms with E-state index < -0.39 is 12.1 Å². The zero-order valence-corrected chi connectivity index (χ0v) is 20.8. The number of ketones is 1. The van der Waals surface area contributed by atoms with Crippen molar-refractivity contribution in [1.82, 2.24) is 15.3 Å². The van der Waals surface area contributed by atoms with Gasteiger partial charge in [0.25, 0.3) is 0 Å². The molecule has 0 radical (unpaired) electrons. The summed E-state index contributed by atoms with van der Waals surface area (Å²) in [5.74, 6) is 0.367. The molecular formula is C27H28N6O5. The van der Waals surface area contributed by atoms with E-state index in [1.807, 2.05) is 30.3 Å². The largest absolute Gasteiger partial charge is 0.415 e. The Labute approximate surface area is 219 Å². The van der Waals surface area contributed by atoms with Crippen molar-refractivity contribution < 1.29 is 23.9 Å². The number of piperidine rings is 1. The molecule has 3 heterocycles. The summed E-state index contributed by atoms with van der Waals surface area (Å²) >= 11 is 0. The smallest absolute Gasteiger partial charge is 0.410 e. The highest BCUT2D eigenvalue weighted by atomic mass is 16.6. The van der Waals surface area contributed by atoms with Gasteiger partial charge in [-0.3, -0.25) is 10.2 Å². The first-order valence-corrected chi connectivity index (χ1v) is 12.8. The van der Waals surface area contributed by atoms with Gasteiger partial charge in [-0.1, -0.05) is 30.3 Å². The minimum atomic E-state index is -0.461. The monoisotopic (exact) mass is 516 g/mol. The number of hydrazine groups is 1. The third kappa shape index (κ3) is 4.66. The lowest BCUT2D eigenvalue weighted by Gasteiger charge is -2.31. The molecule has 6 rings (SSSR count). The Morgan fingerprint density at radius 1 is 0.974 bits per heavy atom. The first kappa shape index (κ1) is 24.3. The molecule has 0 aromatic heterocycles. The molecule has 1 aliphatic carbocycles. The van der Waals surface area contributed by atoms with Crippen LogP contribution in [0.4, 0.5) is 15.3 Å². The molecule has 38 heavy (non-hydrogen) atoms. The maximum Gasteiger partial charge on any atom is 0.415 e. The fraction of sp³-hybridized carbons (Fsp3) is 0.370. The molecule has 196 valence electrons. The highest BCUT2D eigenvalue weighted by molar-refractivity contribution is 6.19. The molecule has 0 spiro atoms. The van der Waals surface area contributed by atoms with Gasteiger partial charge in [-0.25, -0.2) is 14.6 Å². The van der Waals surface area contributed by atoms with Gasteiger partial charge in [-0.05, 0) is 36.6 Å². The molecule has 2 fully saturated rings. The molecule has 11 nitrogen and oxygen atoms in total. The standard InChI is InChI=1S/C27H28N6O5/c34-25-21-19(7-4-8-20(21)28-26(35)31-33-13-15-37-16-14-33)24-22(25)23(29-30-24)17-9-11-32(12-10-17)27(36)38-18-5-2-1-3-6-18/h1-8,17,24H,9-16H2,(H2,28,31,35). The van der Waals surface area contributed by atoms with Crippen LogP contribution in [0.2, 0.25) is 0 Å². The topological polar surface area (TPSA) is 125 Å². The average molecular weight is 517 g/mol. The lowest BCUT2D eigenvalue weighted by Crippen LogP contribution is -2.49. The second kappa shape index (κ2) is 10.3. The van der Waals surface area contributed by atoms with Gasteiger partial charge in [-0.2, -0.15) is 10.2 Å². The number of nitrogens with zero attached hydrogens (tertiary/aromatic N) is 4. The number of urea groups is 1. The normalized spacial score (nSPS) is 21.3. The summed E-state index contributed by atoms with van der Waals surface area (Å²) in [5.41, 5.74) is 5.74. The number of nitrogens with one attached hydrogen (secondary N) is 2. The summed E-state index contributed by atoms with van der Waals surface area (Å²) in [5, 5.41) is 13.5. The zero-order chi connectivity index (χ0) is 26.1. The van der Waals surface area contributed by atoms with E-state index in [1.165, 1.54) is 0 Å². The third-order valence-corrected chi connectivity index (χ3v) is 7.30. The number of morpholine rings is 1. The lowest BCUT2D eigenvalue weighted by molar-refractivity contribution is 0.0207. The Bertz CT molecular complexity index is 1310. The number of carbonyl (C=O) groups is 3. The maximum atomic E-state index is 13.6. The second-order valence-electron chi connectivity index (χ2n) is 9.62. The van der Waals surface area contributed by atoms with Crippen LogP contribution in [-0.4, -0.2) is 67.2 Å². The second-order valence-corrected chi connectivity index (χ2v) is 9.62. The van der Waals surface area contributed by atoms with E-state index in [0.717, 1.165) is 5.56 Å². The van der Waals surface area contributed by atoms with Crippen LogP contribution in [-0.2, 0) is 4.74 Å². The molecule has 1 unspecified atom stereocenters. The van der Waals surface area contributed by atoms with Crippen LogP contribution in [0.15, 0.2) is 70.0 Å². The summed E-state index contributed by atoms with van der Waals surface area (Å²) in [7, 11) is 0. The number of hydrogen-bond donors (Lipinski definition) is 2. The number of amides is 3. The molecule has 11 heteroatoms. The van der Waals surface area contributed by atoms with Gasteiger partial charge in [-0.15, -0.1) is 0 Å². The molecule has 2 saturated heterocycles. The van der Waals surface area contributed by atoms with Crippen molar-refractivity contribution in [2.45, 2.75) is 18.9 Å². The number of rotatable bonds is 4. The molecule has 0 saturated carbocycles. The molecule has 3 amide bonds. The van der Waals surface area contributed by atoms with Gasteiger partial charge < -0.3 is 19.7 Å². The lowest BCUT2D eigenvalue weighted by atomic mass is 9.89. The van der Waals surface area contributed by atoms with Crippen LogP contribution >= 0.6 is 0 Å². The number of ether oxygens (including phenoxy) is 2. The first-order valence-electron chi connectivity index (χ1n) is 12.8. The van der Waals surface area contributed by atoms with E-state index in [4.69, 9.17) is 9.47 Å². The van der Waals surface area contributed by atoms with Gasteiger partial charge in [0, 0.05) is 32.1 Å². The van der Waals surface area contributed by atoms with Crippen LogP contribution in [0.25, 0.3) is 0 Å². The van der Waals surface area contributed by atoms with E-state index in [1.54, 1.807) is 28.1 Å². The molecule has 2 aromatic rings. The van der Waals surface area contributed by atoms with Crippen molar-refractivity contribution in [3.8, 4) is 5.75 Å². The third-order valence-electron chi connectivity index (χ3n) is 7.30. The number of azo groups is 1. The van der Waals surface area contributed by atoms with Crippen molar-refractivity contribution in [2.75, 3.05) is 44.7 Å². The van der Waals surface area contributed by atoms with Gasteiger partial charge in [0.1, 0.15) is 11.8 Å². The predicted octanol–water partition coefficient (Wildman–Crippen LogP) is 3.92. The number of carbonyl (C=O) groups excluding carboxylic acids is 3. The van der Waals surface area contributed by atoms with Crippen LogP contribution < -0.4 is 15.5 Å². The Balaban J connectivity index is 1.14. The summed E-state index contributed by atoms with van der Waals surface area (Å²) in [6, 6.07) is 13.5. The van der Waals surface area contributed by atoms with Crippen LogP contribution in [0.5, 0.6) is 5.75 Å². The molecule has 2 N–H and O–H groups in total. The van der Waals surface area contributed by atoms with Crippen molar-refractivity contribution in [2.24, 2.45) is 16.1 Å². The van der Waals surface area contributed by atoms with Crippen molar-refractivity contribution >= 4 is 23.6 Å². The van der Waals surface area contributed by atoms with E-state index >= 15 is 0 Å². The molecular weight excluding hydrogens is 488 g/mol. The molecule has 4 aliphatic rings. The molecule has 0 bridgehead atoms. The Morgan fingerprint density at radius 3 is 2.50 bits per heavy atom. The van der Waals surface area contributed by atoms with Crippen molar-refractivity contribution in [1.29, 1.82) is 0 Å². The summed E-state index contributed by atoms with van der Waals surface area (Å²) in [6.45, 7) is 3.31. The fourth-order valence-electron chi connectivity index (χ4n) is 5.38. The number of benzene rings is 2. The quantitative estimate of drug-likeness (QED) is 0.635. The Kier molecular flexibility index (Phi) is 6.61. The van der Waals surface area contributed by atoms with Gasteiger partial charge in [0.05, 0.1) is 35.7 Å². The summed E-state index contributed by atoms with van der Waals surface area (Å²) < 4.78 is 10.8. The van der Waals surface area contributed by atoms with Gasteiger partial charge >= 0.3 is 12.1 Å². The predicted molar refractivity (Wildman–Crippen MR) is 137 cm³/mol. The number of allylic oxidation sites excluding steroid dienone is 1. The van der Waals surface area contributed by atoms with Crippen molar-refractivity contribution in [3.63, 3.8) is 0 Å². The summed E-state index contributed by atoms with van der Waals surface area (Å²) in [4.78, 5) is 40.5. The van der Waals surface area contributed by atoms with E-state index in [0.29, 0.717) is 80.5 Å². The zero-order valence-electron chi connectivity index (χ0n) is 20.8. The average Bonchev–Trinajstić information content (AvgIpc) is 3.50.